The lowest BCUT2D eigenvalue weighted by molar-refractivity contribution is 0.0618. The summed E-state index contributed by atoms with van der Waals surface area (Å²) in [4.78, 5) is 27.0. The summed E-state index contributed by atoms with van der Waals surface area (Å²) in [5, 5.41) is 12.8. The Hall–Kier alpha value is -2.75. The molecule has 4 heteroatoms. The van der Waals surface area contributed by atoms with Gasteiger partial charge in [-0.15, -0.1) is 0 Å². The van der Waals surface area contributed by atoms with Gasteiger partial charge < -0.3 is 5.21 Å². The van der Waals surface area contributed by atoms with Gasteiger partial charge in [0.05, 0.1) is 5.71 Å². The fraction of sp³-hybridized carbons (Fsp3) is 0.286. The zero-order chi connectivity index (χ0) is 17.4. The molecule has 2 saturated carbocycles. The molecule has 25 heavy (non-hydrogen) atoms. The summed E-state index contributed by atoms with van der Waals surface area (Å²) in [5.74, 6) is -0.412. The minimum atomic E-state index is -1.16. The second-order valence-electron chi connectivity index (χ2n) is 7.02. The van der Waals surface area contributed by atoms with E-state index in [1.807, 2.05) is 36.4 Å². The molecule has 126 valence electrons. The van der Waals surface area contributed by atoms with Crippen LogP contribution in [0.15, 0.2) is 65.8 Å². The number of Topliss-reactive ketones (excluding diaryl/α,β-unsaturated/α-hetero) is 2. The van der Waals surface area contributed by atoms with Gasteiger partial charge in [-0.3, -0.25) is 9.59 Å². The van der Waals surface area contributed by atoms with Crippen LogP contribution in [0.25, 0.3) is 0 Å². The van der Waals surface area contributed by atoms with Gasteiger partial charge in [-0.2, -0.15) is 0 Å². The van der Waals surface area contributed by atoms with E-state index in [0.717, 1.165) is 6.42 Å². The first-order valence-electron chi connectivity index (χ1n) is 8.57. The molecule has 0 aliphatic heterocycles. The maximum absolute atomic E-state index is 13.5. The Morgan fingerprint density at radius 2 is 1.44 bits per heavy atom. The number of nitrogens with zero attached hydrogens (tertiary/aromatic N) is 1. The zero-order valence-electron chi connectivity index (χ0n) is 13.8. The Balaban J connectivity index is 1.85. The molecule has 0 unspecified atom stereocenters. The van der Waals surface area contributed by atoms with Crippen LogP contribution in [0.5, 0.6) is 0 Å². The second-order valence-corrected chi connectivity index (χ2v) is 7.02. The van der Waals surface area contributed by atoms with Gasteiger partial charge in [-0.25, -0.2) is 0 Å². The summed E-state index contributed by atoms with van der Waals surface area (Å²) in [6, 6.07) is 17.9. The average Bonchev–Trinajstić information content (AvgIpc) is 3.27. The van der Waals surface area contributed by atoms with Crippen LogP contribution in [0.3, 0.4) is 0 Å². The van der Waals surface area contributed by atoms with Crippen molar-refractivity contribution in [1.82, 2.24) is 0 Å². The molecule has 0 saturated heterocycles. The predicted octanol–water partition coefficient (Wildman–Crippen LogP) is 4.00. The molecule has 2 atom stereocenters. The first-order valence-corrected chi connectivity index (χ1v) is 8.57. The molecule has 4 rings (SSSR count). The smallest absolute Gasteiger partial charge is 0.177 e. The highest BCUT2D eigenvalue weighted by Crippen LogP contribution is 2.57. The minimum Gasteiger partial charge on any atom is -0.411 e. The van der Waals surface area contributed by atoms with E-state index in [1.54, 1.807) is 24.3 Å². The molecule has 2 aliphatic rings. The fourth-order valence-electron chi connectivity index (χ4n) is 4.64. The lowest BCUT2D eigenvalue weighted by Gasteiger charge is -2.35. The van der Waals surface area contributed by atoms with E-state index in [1.165, 1.54) is 0 Å². The molecule has 2 aliphatic carbocycles. The number of carbonyl (C=O) groups is 2. The van der Waals surface area contributed by atoms with E-state index >= 15 is 0 Å². The molecule has 0 amide bonds. The SMILES string of the molecule is O=C(c1ccccc1)C1(C(=O)c2ccccc2)C[C@@H]2C/C(=N\O)[C@H]1C2. The Morgan fingerprint density at radius 3 is 1.88 bits per heavy atom. The van der Waals surface area contributed by atoms with Crippen molar-refractivity contribution in [2.75, 3.05) is 0 Å². The zero-order valence-corrected chi connectivity index (χ0v) is 13.8. The predicted molar refractivity (Wildman–Crippen MR) is 94.0 cm³/mol. The third-order valence-corrected chi connectivity index (χ3v) is 5.69. The lowest BCUT2D eigenvalue weighted by atomic mass is 9.64. The van der Waals surface area contributed by atoms with Crippen LogP contribution in [-0.4, -0.2) is 22.5 Å². The van der Waals surface area contributed by atoms with Gasteiger partial charge in [0.1, 0.15) is 5.41 Å². The van der Waals surface area contributed by atoms with Crippen LogP contribution in [-0.2, 0) is 0 Å². The van der Waals surface area contributed by atoms with Crippen molar-refractivity contribution in [3.63, 3.8) is 0 Å². The number of carbonyl (C=O) groups excluding carboxylic acids is 2. The molecular formula is C21H19NO3. The first-order chi connectivity index (χ1) is 12.2. The summed E-state index contributed by atoms with van der Waals surface area (Å²) < 4.78 is 0. The third-order valence-electron chi connectivity index (χ3n) is 5.69. The van der Waals surface area contributed by atoms with Crippen molar-refractivity contribution in [3.8, 4) is 0 Å². The van der Waals surface area contributed by atoms with Crippen molar-refractivity contribution in [2.45, 2.75) is 19.3 Å². The van der Waals surface area contributed by atoms with Crippen LogP contribution in [0.4, 0.5) is 0 Å². The molecule has 0 radical (unpaired) electrons. The molecule has 2 aromatic carbocycles. The molecule has 2 aromatic rings. The van der Waals surface area contributed by atoms with E-state index in [2.05, 4.69) is 5.16 Å². The van der Waals surface area contributed by atoms with Gasteiger partial charge in [0.2, 0.25) is 0 Å². The Morgan fingerprint density at radius 1 is 0.920 bits per heavy atom. The standard InChI is InChI=1S/C21H19NO3/c23-19(15-7-3-1-4-8-15)21(20(24)16-9-5-2-6-10-16)13-14-11-17(21)18(12-14)22-25/h1-10,14,17,25H,11-13H2/b22-18+/t14-,17+/m0/s1. The van der Waals surface area contributed by atoms with Gasteiger partial charge in [-0.1, -0.05) is 65.8 Å². The molecule has 0 heterocycles. The maximum Gasteiger partial charge on any atom is 0.177 e. The van der Waals surface area contributed by atoms with Gasteiger partial charge >= 0.3 is 0 Å². The van der Waals surface area contributed by atoms with E-state index < -0.39 is 5.41 Å². The number of fused-ring (bicyclic) bond motifs is 2. The number of hydrogen-bond acceptors (Lipinski definition) is 4. The van der Waals surface area contributed by atoms with Crippen molar-refractivity contribution in [2.24, 2.45) is 22.4 Å². The van der Waals surface area contributed by atoms with Crippen LogP contribution < -0.4 is 0 Å². The molecule has 2 fully saturated rings. The summed E-state index contributed by atoms with van der Waals surface area (Å²) in [5.41, 5.74) is 0.505. The number of hydrogen-bond donors (Lipinski definition) is 1. The Kier molecular flexibility index (Phi) is 3.75. The van der Waals surface area contributed by atoms with Crippen LogP contribution >= 0.6 is 0 Å². The van der Waals surface area contributed by atoms with E-state index in [-0.39, 0.29) is 23.4 Å². The van der Waals surface area contributed by atoms with Crippen LogP contribution in [0.2, 0.25) is 0 Å². The molecule has 0 aromatic heterocycles. The van der Waals surface area contributed by atoms with Crippen molar-refractivity contribution < 1.29 is 14.8 Å². The number of benzene rings is 2. The topological polar surface area (TPSA) is 66.7 Å². The normalized spacial score (nSPS) is 25.2. The van der Waals surface area contributed by atoms with E-state index in [9.17, 15) is 14.8 Å². The molecular weight excluding hydrogens is 314 g/mol. The van der Waals surface area contributed by atoms with Gasteiger partial charge in [0.25, 0.3) is 0 Å². The molecule has 4 nitrogen and oxygen atoms in total. The lowest BCUT2D eigenvalue weighted by Crippen LogP contribution is -2.47. The average molecular weight is 333 g/mol. The van der Waals surface area contributed by atoms with Crippen molar-refractivity contribution in [3.05, 3.63) is 71.8 Å². The largest absolute Gasteiger partial charge is 0.411 e. The summed E-state index contributed by atoms with van der Waals surface area (Å²) in [7, 11) is 0. The van der Waals surface area contributed by atoms with E-state index in [0.29, 0.717) is 29.7 Å². The second kappa shape index (κ2) is 5.96. The highest BCUT2D eigenvalue weighted by atomic mass is 16.4. The summed E-state index contributed by atoms with van der Waals surface area (Å²) in [6.07, 6.45) is 1.93. The summed E-state index contributed by atoms with van der Waals surface area (Å²) >= 11 is 0. The number of rotatable bonds is 4. The van der Waals surface area contributed by atoms with Crippen LogP contribution in [0.1, 0.15) is 40.0 Å². The van der Waals surface area contributed by atoms with Gasteiger partial charge in [0.15, 0.2) is 11.6 Å². The first kappa shape index (κ1) is 15.8. The molecule has 1 N–H and O–H groups in total. The minimum absolute atomic E-state index is 0.157. The summed E-state index contributed by atoms with van der Waals surface area (Å²) in [6.45, 7) is 0. The van der Waals surface area contributed by atoms with Crippen molar-refractivity contribution >= 4 is 17.3 Å². The highest BCUT2D eigenvalue weighted by molar-refractivity contribution is 6.23. The van der Waals surface area contributed by atoms with Crippen LogP contribution in [0, 0.1) is 17.3 Å². The highest BCUT2D eigenvalue weighted by Gasteiger charge is 2.62. The monoisotopic (exact) mass is 333 g/mol. The molecule has 0 spiro atoms. The third kappa shape index (κ3) is 2.32. The molecule has 2 bridgehead atoms. The maximum atomic E-state index is 13.5. The quantitative estimate of drug-likeness (QED) is 0.398. The Labute approximate surface area is 146 Å². The number of ketones is 2. The van der Waals surface area contributed by atoms with Gasteiger partial charge in [0, 0.05) is 17.0 Å². The van der Waals surface area contributed by atoms with E-state index in [4.69, 9.17) is 0 Å². The van der Waals surface area contributed by atoms with Crippen molar-refractivity contribution in [1.29, 1.82) is 0 Å². The number of oxime groups is 1. The Bertz CT molecular complexity index is 790. The van der Waals surface area contributed by atoms with Gasteiger partial charge in [-0.05, 0) is 25.2 Å². The fourth-order valence-corrected chi connectivity index (χ4v) is 4.64.